The summed E-state index contributed by atoms with van der Waals surface area (Å²) in [5, 5.41) is 25.5. The van der Waals surface area contributed by atoms with E-state index < -0.39 is 23.9 Å². The van der Waals surface area contributed by atoms with Crippen LogP contribution in [0.3, 0.4) is 0 Å². The van der Waals surface area contributed by atoms with Crippen molar-refractivity contribution in [2.24, 2.45) is 0 Å². The van der Waals surface area contributed by atoms with Gasteiger partial charge in [-0.15, -0.1) is 0 Å². The van der Waals surface area contributed by atoms with Crippen LogP contribution in [0.15, 0.2) is 66.7 Å². The summed E-state index contributed by atoms with van der Waals surface area (Å²) < 4.78 is 20.1. The van der Waals surface area contributed by atoms with Crippen LogP contribution >= 0.6 is 0 Å². The number of aryl methyl sites for hydroxylation is 1. The molecule has 40 heavy (non-hydrogen) atoms. The van der Waals surface area contributed by atoms with Crippen LogP contribution in [-0.2, 0) is 12.8 Å². The van der Waals surface area contributed by atoms with Gasteiger partial charge < -0.3 is 20.5 Å². The number of benzene rings is 3. The first-order valence-electron chi connectivity index (χ1n) is 14.1. The first kappa shape index (κ1) is 26.5. The third kappa shape index (κ3) is 5.33. The van der Waals surface area contributed by atoms with Crippen LogP contribution in [0.2, 0.25) is 0 Å². The molecule has 2 heterocycles. The zero-order valence-electron chi connectivity index (χ0n) is 22.6. The minimum atomic E-state index is -0.871. The summed E-state index contributed by atoms with van der Waals surface area (Å²) in [6.07, 6.45) is 4.61. The Hall–Kier alpha value is -3.75. The minimum absolute atomic E-state index is 0.0449. The Labute approximate surface area is 233 Å². The summed E-state index contributed by atoms with van der Waals surface area (Å²) in [6.45, 7) is 2.43. The lowest BCUT2D eigenvalue weighted by molar-refractivity contribution is -0.0382. The van der Waals surface area contributed by atoms with Gasteiger partial charge in [-0.1, -0.05) is 49.4 Å². The van der Waals surface area contributed by atoms with Crippen LogP contribution in [0.5, 0.6) is 5.75 Å². The van der Waals surface area contributed by atoms with Crippen LogP contribution in [0.1, 0.15) is 65.8 Å². The van der Waals surface area contributed by atoms with Gasteiger partial charge in [0, 0.05) is 30.0 Å². The van der Waals surface area contributed by atoms with Gasteiger partial charge in [0.05, 0.1) is 17.7 Å². The molecule has 8 heteroatoms. The second-order valence-corrected chi connectivity index (χ2v) is 11.1. The Morgan fingerprint density at radius 3 is 2.73 bits per heavy atom. The molecule has 1 amide bonds. The van der Waals surface area contributed by atoms with E-state index in [4.69, 9.17) is 4.74 Å². The zero-order chi connectivity index (χ0) is 27.7. The molecule has 4 aromatic rings. The Bertz CT molecular complexity index is 1500. The molecule has 0 bridgehead atoms. The van der Waals surface area contributed by atoms with Crippen molar-refractivity contribution in [3.05, 3.63) is 94.9 Å². The number of carbonyl (C=O) groups is 1. The number of amides is 1. The van der Waals surface area contributed by atoms with Crippen molar-refractivity contribution < 1.29 is 19.0 Å². The molecular weight excluding hydrogens is 507 g/mol. The van der Waals surface area contributed by atoms with E-state index in [2.05, 4.69) is 46.0 Å². The topological polar surface area (TPSA) is 99.3 Å². The number of aliphatic hydroxyl groups is 1. The summed E-state index contributed by atoms with van der Waals surface area (Å²) in [5.74, 6) is 0.0948. The molecule has 1 aromatic heterocycles. The number of hydrogen-bond donors (Lipinski definition) is 4. The number of ether oxygens (including phenoxy) is 1. The molecule has 4 N–H and O–H groups in total. The Balaban J connectivity index is 1.21. The molecule has 208 valence electrons. The molecular formula is C32H35FN4O3. The standard InChI is InChI=1S/C32H35FN4O3/c1-2-20-9-12-29-24(15-20)27(18-32(40-29)13-6-14-32)34-19-28(38)26(16-21-7-4-3-5-8-21)35-31(39)30-23-11-10-22(33)17-25(23)36-37-30/h3-5,7-12,15,17,26-28,34,38H,2,6,13-14,16,18-19H2,1H3,(H,35,39)(H,36,37)/t26-,27-,28+/m0/s1. The van der Waals surface area contributed by atoms with Crippen molar-refractivity contribution in [3.8, 4) is 5.75 Å². The molecule has 7 nitrogen and oxygen atoms in total. The average Bonchev–Trinajstić information content (AvgIpc) is 3.37. The molecule has 0 radical (unpaired) electrons. The Morgan fingerprint density at radius 1 is 1.15 bits per heavy atom. The summed E-state index contributed by atoms with van der Waals surface area (Å²) in [4.78, 5) is 13.3. The number of aliphatic hydroxyl groups excluding tert-OH is 1. The van der Waals surface area contributed by atoms with E-state index in [1.54, 1.807) is 0 Å². The van der Waals surface area contributed by atoms with Crippen molar-refractivity contribution in [2.75, 3.05) is 6.54 Å². The maximum Gasteiger partial charge on any atom is 0.272 e. The minimum Gasteiger partial charge on any atom is -0.487 e. The first-order chi connectivity index (χ1) is 19.4. The van der Waals surface area contributed by atoms with E-state index in [1.807, 2.05) is 30.3 Å². The van der Waals surface area contributed by atoms with Gasteiger partial charge >= 0.3 is 0 Å². The predicted molar refractivity (Wildman–Crippen MR) is 152 cm³/mol. The maximum atomic E-state index is 13.7. The number of carbonyl (C=O) groups excluding carboxylic acids is 1. The van der Waals surface area contributed by atoms with E-state index in [-0.39, 0.29) is 17.3 Å². The molecule has 6 rings (SSSR count). The van der Waals surface area contributed by atoms with Crippen molar-refractivity contribution in [1.29, 1.82) is 0 Å². The van der Waals surface area contributed by atoms with Gasteiger partial charge in [0.2, 0.25) is 0 Å². The number of halogens is 1. The largest absolute Gasteiger partial charge is 0.487 e. The molecule has 1 fully saturated rings. The van der Waals surface area contributed by atoms with E-state index >= 15 is 0 Å². The SMILES string of the molecule is CCc1ccc2c(c1)[C@@H](NC[C@@H](O)[C@H](Cc1ccccc1)NC(=O)c1n[nH]c3cc(F)ccc13)CC1(CCC1)O2. The second-order valence-electron chi connectivity index (χ2n) is 11.1. The van der Waals surface area contributed by atoms with Crippen molar-refractivity contribution in [3.63, 3.8) is 0 Å². The normalized spacial score (nSPS) is 18.9. The molecule has 1 aliphatic heterocycles. The number of rotatable bonds is 9. The summed E-state index contributed by atoms with van der Waals surface area (Å²) in [7, 11) is 0. The van der Waals surface area contributed by atoms with E-state index in [0.29, 0.717) is 23.9 Å². The number of H-pyrrole nitrogens is 1. The number of aromatic amines is 1. The van der Waals surface area contributed by atoms with E-state index in [9.17, 15) is 14.3 Å². The molecule has 2 aliphatic rings. The first-order valence-corrected chi connectivity index (χ1v) is 14.1. The lowest BCUT2D eigenvalue weighted by Gasteiger charge is -2.48. The lowest BCUT2D eigenvalue weighted by Crippen LogP contribution is -2.52. The average molecular weight is 543 g/mol. The van der Waals surface area contributed by atoms with Gasteiger partial charge in [-0.05, 0) is 67.5 Å². The van der Waals surface area contributed by atoms with Gasteiger partial charge in [-0.3, -0.25) is 9.89 Å². The maximum absolute atomic E-state index is 13.7. The van der Waals surface area contributed by atoms with Crippen LogP contribution < -0.4 is 15.4 Å². The molecule has 3 aromatic carbocycles. The van der Waals surface area contributed by atoms with E-state index in [0.717, 1.165) is 49.0 Å². The Kier molecular flexibility index (Phi) is 7.29. The molecule has 0 unspecified atom stereocenters. The number of nitrogens with one attached hydrogen (secondary N) is 3. The van der Waals surface area contributed by atoms with Crippen LogP contribution in [-0.4, -0.2) is 45.5 Å². The molecule has 3 atom stereocenters. The molecule has 1 aliphatic carbocycles. The third-order valence-corrected chi connectivity index (χ3v) is 8.42. The van der Waals surface area contributed by atoms with Gasteiger partial charge in [0.15, 0.2) is 5.69 Å². The van der Waals surface area contributed by atoms with Crippen molar-refractivity contribution in [1.82, 2.24) is 20.8 Å². The zero-order valence-corrected chi connectivity index (χ0v) is 22.6. The van der Waals surface area contributed by atoms with Gasteiger partial charge in [0.1, 0.15) is 17.2 Å². The monoisotopic (exact) mass is 542 g/mol. The summed E-state index contributed by atoms with van der Waals surface area (Å²) in [5.41, 5.74) is 3.86. The fourth-order valence-corrected chi connectivity index (χ4v) is 5.96. The number of fused-ring (bicyclic) bond motifs is 2. The second kappa shape index (κ2) is 11.0. The number of hydrogen-bond acceptors (Lipinski definition) is 5. The molecule has 1 spiro atoms. The van der Waals surface area contributed by atoms with E-state index in [1.165, 1.54) is 23.8 Å². The number of aromatic nitrogens is 2. The highest BCUT2D eigenvalue weighted by Gasteiger charge is 2.45. The van der Waals surface area contributed by atoms with Crippen LogP contribution in [0.4, 0.5) is 4.39 Å². The summed E-state index contributed by atoms with van der Waals surface area (Å²) >= 11 is 0. The molecule has 1 saturated carbocycles. The molecule has 0 saturated heterocycles. The summed E-state index contributed by atoms with van der Waals surface area (Å²) in [6, 6.07) is 19.8. The fraction of sp³-hybridized carbons (Fsp3) is 0.375. The third-order valence-electron chi connectivity index (χ3n) is 8.42. The van der Waals surface area contributed by atoms with Crippen LogP contribution in [0.25, 0.3) is 10.9 Å². The lowest BCUT2D eigenvalue weighted by atomic mass is 9.72. The van der Waals surface area contributed by atoms with Gasteiger partial charge in [0.25, 0.3) is 5.91 Å². The van der Waals surface area contributed by atoms with Crippen LogP contribution in [0, 0.1) is 5.82 Å². The van der Waals surface area contributed by atoms with Crippen molar-refractivity contribution in [2.45, 2.75) is 69.2 Å². The number of nitrogens with zero attached hydrogens (tertiary/aromatic N) is 1. The predicted octanol–water partition coefficient (Wildman–Crippen LogP) is 5.00. The van der Waals surface area contributed by atoms with Gasteiger partial charge in [-0.2, -0.15) is 5.10 Å². The fourth-order valence-electron chi connectivity index (χ4n) is 5.96. The highest BCUT2D eigenvalue weighted by Crippen LogP contribution is 2.49. The quantitative estimate of drug-likeness (QED) is 0.239. The highest BCUT2D eigenvalue weighted by molar-refractivity contribution is 6.04. The smallest absolute Gasteiger partial charge is 0.272 e. The van der Waals surface area contributed by atoms with Crippen molar-refractivity contribution >= 4 is 16.8 Å². The Morgan fingerprint density at radius 2 is 1.98 bits per heavy atom. The highest BCUT2D eigenvalue weighted by atomic mass is 19.1. The van der Waals surface area contributed by atoms with Gasteiger partial charge in [-0.25, -0.2) is 4.39 Å².